The van der Waals surface area contributed by atoms with Gasteiger partial charge in [-0.2, -0.15) is 0 Å². The van der Waals surface area contributed by atoms with Crippen LogP contribution in [0.2, 0.25) is 0 Å². The third-order valence-electron chi connectivity index (χ3n) is 3.33. The highest BCUT2D eigenvalue weighted by atomic mass is 19.1. The fourth-order valence-corrected chi connectivity index (χ4v) is 2.51. The third-order valence-corrected chi connectivity index (χ3v) is 3.33. The van der Waals surface area contributed by atoms with E-state index in [1.54, 1.807) is 6.07 Å². The Morgan fingerprint density at radius 2 is 2.00 bits per heavy atom. The summed E-state index contributed by atoms with van der Waals surface area (Å²) >= 11 is 0. The van der Waals surface area contributed by atoms with Gasteiger partial charge < -0.3 is 5.11 Å². The van der Waals surface area contributed by atoms with Gasteiger partial charge >= 0.3 is 0 Å². The number of rotatable bonds is 0. The Morgan fingerprint density at radius 3 is 2.60 bits per heavy atom. The van der Waals surface area contributed by atoms with Crippen molar-refractivity contribution in [2.75, 3.05) is 0 Å². The van der Waals surface area contributed by atoms with Gasteiger partial charge in [0.15, 0.2) is 11.6 Å². The Hall–Kier alpha value is -1.05. The van der Waals surface area contributed by atoms with Gasteiger partial charge in [0.25, 0.3) is 0 Å². The average Bonchev–Trinajstić information content (AvgIpc) is 2.47. The fourth-order valence-electron chi connectivity index (χ4n) is 2.51. The molecule has 0 bridgehead atoms. The van der Waals surface area contributed by atoms with Gasteiger partial charge in [0.05, 0.1) is 0 Å². The summed E-state index contributed by atoms with van der Waals surface area (Å²) in [6, 6.07) is 3.09. The molecule has 1 aliphatic rings. The number of hydrogen-bond donors (Lipinski definition) is 1. The van der Waals surface area contributed by atoms with Crippen molar-refractivity contribution in [1.82, 2.24) is 0 Å². The van der Waals surface area contributed by atoms with Crippen molar-refractivity contribution in [3.8, 4) is 5.75 Å². The Bertz CT molecular complexity index is 390. The van der Waals surface area contributed by atoms with Gasteiger partial charge in [-0.25, -0.2) is 4.39 Å². The van der Waals surface area contributed by atoms with E-state index < -0.39 is 5.82 Å². The van der Waals surface area contributed by atoms with Crippen LogP contribution < -0.4 is 0 Å². The van der Waals surface area contributed by atoms with Crippen LogP contribution >= 0.6 is 0 Å². The first-order valence-corrected chi connectivity index (χ1v) is 5.41. The molecule has 0 aliphatic heterocycles. The zero-order chi connectivity index (χ0) is 11.2. The SMILES string of the molecule is CC(C)(C)C1CCc2cc(F)c(O)cc21. The summed E-state index contributed by atoms with van der Waals surface area (Å²) in [4.78, 5) is 0. The van der Waals surface area contributed by atoms with Crippen molar-refractivity contribution in [2.24, 2.45) is 5.41 Å². The summed E-state index contributed by atoms with van der Waals surface area (Å²) in [7, 11) is 0. The Balaban J connectivity index is 2.47. The van der Waals surface area contributed by atoms with Crippen molar-refractivity contribution >= 4 is 0 Å². The maximum absolute atomic E-state index is 13.1. The van der Waals surface area contributed by atoms with Crippen LogP contribution in [0.1, 0.15) is 44.2 Å². The lowest BCUT2D eigenvalue weighted by Crippen LogP contribution is -2.15. The molecular weight excluding hydrogens is 191 g/mol. The van der Waals surface area contributed by atoms with Crippen LogP contribution in [-0.4, -0.2) is 5.11 Å². The van der Waals surface area contributed by atoms with Crippen LogP contribution in [0.5, 0.6) is 5.75 Å². The average molecular weight is 208 g/mol. The Labute approximate surface area is 89.9 Å². The minimum absolute atomic E-state index is 0.176. The van der Waals surface area contributed by atoms with Crippen LogP contribution in [0, 0.1) is 11.2 Å². The second kappa shape index (κ2) is 3.22. The molecule has 1 aromatic carbocycles. The summed E-state index contributed by atoms with van der Waals surface area (Å²) in [5, 5.41) is 9.39. The lowest BCUT2D eigenvalue weighted by molar-refractivity contribution is 0.318. The second-order valence-corrected chi connectivity index (χ2v) is 5.46. The molecule has 0 saturated carbocycles. The molecule has 0 amide bonds. The normalized spacial score (nSPS) is 20.4. The van der Waals surface area contributed by atoms with Gasteiger partial charge in [0.1, 0.15) is 0 Å². The van der Waals surface area contributed by atoms with Crippen LogP contribution in [0.4, 0.5) is 4.39 Å². The number of phenolic OH excluding ortho intramolecular Hbond substituents is 1. The highest BCUT2D eigenvalue weighted by Gasteiger charge is 2.32. The highest BCUT2D eigenvalue weighted by molar-refractivity contribution is 5.42. The number of aromatic hydroxyl groups is 1. The van der Waals surface area contributed by atoms with Crippen molar-refractivity contribution in [3.63, 3.8) is 0 Å². The van der Waals surface area contributed by atoms with Crippen LogP contribution in [0.15, 0.2) is 12.1 Å². The van der Waals surface area contributed by atoms with E-state index in [9.17, 15) is 9.50 Å². The van der Waals surface area contributed by atoms with E-state index >= 15 is 0 Å². The van der Waals surface area contributed by atoms with Gasteiger partial charge in [-0.1, -0.05) is 20.8 Å². The third kappa shape index (κ3) is 1.73. The monoisotopic (exact) mass is 208 g/mol. The molecule has 0 heterocycles. The number of hydrogen-bond acceptors (Lipinski definition) is 1. The van der Waals surface area contributed by atoms with Crippen molar-refractivity contribution < 1.29 is 9.50 Å². The molecule has 1 unspecified atom stereocenters. The molecule has 0 aromatic heterocycles. The molecule has 0 spiro atoms. The molecule has 0 saturated heterocycles. The molecule has 0 fully saturated rings. The van der Waals surface area contributed by atoms with Gasteiger partial charge in [-0.05, 0) is 47.4 Å². The number of phenols is 1. The highest BCUT2D eigenvalue weighted by Crippen LogP contribution is 2.46. The second-order valence-electron chi connectivity index (χ2n) is 5.46. The molecule has 2 heteroatoms. The lowest BCUT2D eigenvalue weighted by atomic mass is 9.77. The number of benzene rings is 1. The first-order valence-electron chi connectivity index (χ1n) is 5.41. The molecule has 82 valence electrons. The standard InChI is InChI=1S/C13H17FO/c1-13(2,3)10-5-4-8-6-11(14)12(15)7-9(8)10/h6-7,10,15H,4-5H2,1-3H3. The number of halogens is 1. The van der Waals surface area contributed by atoms with Crippen molar-refractivity contribution in [1.29, 1.82) is 0 Å². The van der Waals surface area contributed by atoms with Gasteiger partial charge in [-0.3, -0.25) is 0 Å². The van der Waals surface area contributed by atoms with E-state index in [2.05, 4.69) is 20.8 Å². The smallest absolute Gasteiger partial charge is 0.165 e. The summed E-state index contributed by atoms with van der Waals surface area (Å²) < 4.78 is 13.1. The fraction of sp³-hybridized carbons (Fsp3) is 0.538. The molecule has 15 heavy (non-hydrogen) atoms. The predicted molar refractivity (Wildman–Crippen MR) is 58.6 cm³/mol. The van der Waals surface area contributed by atoms with E-state index in [4.69, 9.17) is 0 Å². The zero-order valence-electron chi connectivity index (χ0n) is 9.47. The maximum atomic E-state index is 13.1. The summed E-state index contributed by atoms with van der Waals surface area (Å²) in [6.45, 7) is 6.56. The molecule has 0 radical (unpaired) electrons. The first kappa shape index (κ1) is 10.5. The summed E-state index contributed by atoms with van der Waals surface area (Å²) in [5.74, 6) is -0.285. The number of aryl methyl sites for hydroxylation is 1. The van der Waals surface area contributed by atoms with E-state index in [1.165, 1.54) is 6.07 Å². The van der Waals surface area contributed by atoms with Crippen molar-refractivity contribution in [2.45, 2.75) is 39.5 Å². The quantitative estimate of drug-likeness (QED) is 0.690. The molecule has 1 atom stereocenters. The first-order chi connectivity index (χ1) is 6.89. The predicted octanol–water partition coefficient (Wildman–Crippen LogP) is 3.61. The summed E-state index contributed by atoms with van der Waals surface area (Å²) in [6.07, 6.45) is 1.98. The summed E-state index contributed by atoms with van der Waals surface area (Å²) in [5.41, 5.74) is 2.36. The van der Waals surface area contributed by atoms with Crippen LogP contribution in [-0.2, 0) is 6.42 Å². The van der Waals surface area contributed by atoms with Crippen LogP contribution in [0.25, 0.3) is 0 Å². The minimum Gasteiger partial charge on any atom is -0.505 e. The van der Waals surface area contributed by atoms with Gasteiger partial charge in [0, 0.05) is 0 Å². The van der Waals surface area contributed by atoms with Gasteiger partial charge in [0.2, 0.25) is 0 Å². The van der Waals surface area contributed by atoms with Gasteiger partial charge in [-0.15, -0.1) is 0 Å². The molecule has 1 nitrogen and oxygen atoms in total. The minimum atomic E-state index is -0.497. The van der Waals surface area contributed by atoms with E-state index in [-0.39, 0.29) is 11.2 Å². The molecule has 1 N–H and O–H groups in total. The van der Waals surface area contributed by atoms with Crippen LogP contribution in [0.3, 0.4) is 0 Å². The van der Waals surface area contributed by atoms with E-state index in [0.29, 0.717) is 5.92 Å². The molecule has 1 aliphatic carbocycles. The Kier molecular flexibility index (Phi) is 2.25. The molecule has 1 aromatic rings. The molecular formula is C13H17FO. The largest absolute Gasteiger partial charge is 0.505 e. The maximum Gasteiger partial charge on any atom is 0.165 e. The lowest BCUT2D eigenvalue weighted by Gasteiger charge is -2.27. The topological polar surface area (TPSA) is 20.2 Å². The Morgan fingerprint density at radius 1 is 1.33 bits per heavy atom. The number of fused-ring (bicyclic) bond motifs is 1. The molecule has 2 rings (SSSR count). The van der Waals surface area contributed by atoms with Crippen molar-refractivity contribution in [3.05, 3.63) is 29.1 Å². The zero-order valence-corrected chi connectivity index (χ0v) is 9.47. The van der Waals surface area contributed by atoms with E-state index in [1.807, 2.05) is 0 Å². The van der Waals surface area contributed by atoms with E-state index in [0.717, 1.165) is 24.0 Å².